The van der Waals surface area contributed by atoms with Crippen LogP contribution in [0.25, 0.3) is 0 Å². The zero-order chi connectivity index (χ0) is 22.0. The van der Waals surface area contributed by atoms with Crippen LogP contribution in [0, 0.1) is 23.2 Å². The lowest BCUT2D eigenvalue weighted by molar-refractivity contribution is -0.134. The molecule has 2 saturated heterocycles. The molecule has 2 fully saturated rings. The monoisotopic (exact) mass is 458 g/mol. The first-order chi connectivity index (χ1) is 15.0. The highest BCUT2D eigenvalue weighted by atomic mass is 35.5. The number of ether oxygens (including phenoxy) is 1. The fourth-order valence-corrected chi connectivity index (χ4v) is 4.80. The molecule has 2 aromatic rings. The Morgan fingerprint density at radius 3 is 2.77 bits per heavy atom. The second-order valence-corrected chi connectivity index (χ2v) is 9.01. The maximum absolute atomic E-state index is 13.1. The minimum atomic E-state index is -0.195. The first kappa shape index (κ1) is 21.9. The van der Waals surface area contributed by atoms with Crippen molar-refractivity contribution in [3.63, 3.8) is 0 Å². The Labute approximate surface area is 192 Å². The number of nitriles is 1. The second-order valence-electron chi connectivity index (χ2n) is 8.20. The molecule has 0 bridgehead atoms. The summed E-state index contributed by atoms with van der Waals surface area (Å²) in [4.78, 5) is 19.3. The predicted octanol–water partition coefficient (Wildman–Crippen LogP) is 3.88. The number of rotatable bonds is 5. The number of halogens is 2. The van der Waals surface area contributed by atoms with E-state index in [-0.39, 0.29) is 29.8 Å². The van der Waals surface area contributed by atoms with Gasteiger partial charge >= 0.3 is 0 Å². The Kier molecular flexibility index (Phi) is 6.66. The van der Waals surface area contributed by atoms with E-state index in [1.165, 1.54) is 6.20 Å². The molecule has 1 amide bonds. The zero-order valence-corrected chi connectivity index (χ0v) is 18.7. The van der Waals surface area contributed by atoms with Gasteiger partial charge in [0.25, 0.3) is 0 Å². The molecule has 1 aromatic heterocycles. The van der Waals surface area contributed by atoms with Gasteiger partial charge in [-0.25, -0.2) is 4.98 Å². The molecular weight excluding hydrogens is 435 g/mol. The minimum Gasteiger partial charge on any atom is -0.474 e. The highest BCUT2D eigenvalue weighted by molar-refractivity contribution is 6.42. The van der Waals surface area contributed by atoms with Crippen LogP contribution in [0.15, 0.2) is 36.5 Å². The van der Waals surface area contributed by atoms with Crippen LogP contribution in [0.4, 0.5) is 0 Å². The van der Waals surface area contributed by atoms with E-state index in [0.717, 1.165) is 25.1 Å². The molecule has 4 rings (SSSR count). The van der Waals surface area contributed by atoms with E-state index < -0.39 is 0 Å². The van der Waals surface area contributed by atoms with Gasteiger partial charge in [-0.3, -0.25) is 4.79 Å². The van der Waals surface area contributed by atoms with Crippen molar-refractivity contribution in [2.45, 2.75) is 25.4 Å². The van der Waals surface area contributed by atoms with Crippen molar-refractivity contribution in [3.05, 3.63) is 57.7 Å². The van der Waals surface area contributed by atoms with Crippen LogP contribution in [0.2, 0.25) is 10.0 Å². The van der Waals surface area contributed by atoms with Crippen LogP contribution >= 0.6 is 23.2 Å². The maximum atomic E-state index is 13.1. The molecule has 0 aliphatic carbocycles. The third kappa shape index (κ3) is 4.79. The summed E-state index contributed by atoms with van der Waals surface area (Å²) in [7, 11) is 0. The summed E-state index contributed by atoms with van der Waals surface area (Å²) in [5, 5.41) is 13.3. The average Bonchev–Trinajstić information content (AvgIpc) is 3.46. The number of pyridine rings is 1. The summed E-state index contributed by atoms with van der Waals surface area (Å²) in [5.41, 5.74) is 1.53. The first-order valence-corrected chi connectivity index (χ1v) is 11.2. The summed E-state index contributed by atoms with van der Waals surface area (Å²) in [6, 6.07) is 11.1. The minimum absolute atomic E-state index is 0.0321. The fraction of sp³-hybridized carbons (Fsp3) is 0.435. The van der Waals surface area contributed by atoms with Gasteiger partial charge in [-0.05, 0) is 43.7 Å². The van der Waals surface area contributed by atoms with Gasteiger partial charge in [-0.2, -0.15) is 5.26 Å². The van der Waals surface area contributed by atoms with Crippen LogP contribution in [-0.4, -0.2) is 48.1 Å². The predicted molar refractivity (Wildman–Crippen MR) is 119 cm³/mol. The molecule has 0 saturated carbocycles. The van der Waals surface area contributed by atoms with Crippen molar-refractivity contribution < 1.29 is 9.53 Å². The lowest BCUT2D eigenvalue weighted by atomic mass is 9.86. The smallest absolute Gasteiger partial charge is 0.227 e. The van der Waals surface area contributed by atoms with Gasteiger partial charge in [0, 0.05) is 43.7 Å². The van der Waals surface area contributed by atoms with Crippen molar-refractivity contribution in [2.24, 2.45) is 11.8 Å². The Bertz CT molecular complexity index is 986. The van der Waals surface area contributed by atoms with Gasteiger partial charge in [0.15, 0.2) is 0 Å². The highest BCUT2D eigenvalue weighted by Crippen LogP contribution is 2.39. The van der Waals surface area contributed by atoms with Crippen LogP contribution in [0.1, 0.15) is 30.4 Å². The quantitative estimate of drug-likeness (QED) is 0.735. The number of benzene rings is 1. The van der Waals surface area contributed by atoms with Gasteiger partial charge in [0.05, 0.1) is 21.5 Å². The Morgan fingerprint density at radius 1 is 1.29 bits per heavy atom. The lowest BCUT2D eigenvalue weighted by Gasteiger charge is -2.25. The zero-order valence-electron chi connectivity index (χ0n) is 17.2. The third-order valence-corrected chi connectivity index (χ3v) is 6.97. The van der Waals surface area contributed by atoms with Crippen molar-refractivity contribution in [1.82, 2.24) is 15.2 Å². The molecule has 2 aliphatic heterocycles. The van der Waals surface area contributed by atoms with Gasteiger partial charge in [-0.1, -0.05) is 29.3 Å². The summed E-state index contributed by atoms with van der Waals surface area (Å²) in [6.45, 7) is 4.84. The largest absolute Gasteiger partial charge is 0.474 e. The summed E-state index contributed by atoms with van der Waals surface area (Å²) in [6.07, 6.45) is 2.17. The van der Waals surface area contributed by atoms with Crippen molar-refractivity contribution in [3.8, 4) is 11.9 Å². The van der Waals surface area contributed by atoms with Crippen molar-refractivity contribution >= 4 is 29.1 Å². The summed E-state index contributed by atoms with van der Waals surface area (Å²) < 4.78 is 6.13. The highest BCUT2D eigenvalue weighted by Gasteiger charge is 2.42. The molecule has 3 heterocycles. The molecule has 4 atom stereocenters. The van der Waals surface area contributed by atoms with E-state index in [9.17, 15) is 4.79 Å². The Balaban J connectivity index is 1.56. The molecule has 0 radical (unpaired) electrons. The van der Waals surface area contributed by atoms with E-state index in [4.69, 9.17) is 33.2 Å². The summed E-state index contributed by atoms with van der Waals surface area (Å²) in [5.74, 6) is 0.824. The fourth-order valence-electron chi connectivity index (χ4n) is 4.50. The number of likely N-dealkylation sites (tertiary alicyclic amines) is 1. The maximum Gasteiger partial charge on any atom is 0.227 e. The number of aromatic nitrogens is 1. The average molecular weight is 459 g/mol. The molecule has 1 N–H and O–H groups in total. The van der Waals surface area contributed by atoms with E-state index in [1.807, 2.05) is 24.0 Å². The van der Waals surface area contributed by atoms with E-state index in [0.29, 0.717) is 34.6 Å². The Morgan fingerprint density at radius 2 is 2.13 bits per heavy atom. The van der Waals surface area contributed by atoms with Crippen molar-refractivity contribution in [1.29, 1.82) is 5.26 Å². The second kappa shape index (κ2) is 9.44. The van der Waals surface area contributed by atoms with Crippen LogP contribution in [-0.2, 0) is 4.79 Å². The molecular formula is C23H24Cl2N4O2. The van der Waals surface area contributed by atoms with Gasteiger partial charge in [0.2, 0.25) is 11.8 Å². The number of hydrogen-bond acceptors (Lipinski definition) is 5. The molecule has 2 unspecified atom stereocenters. The van der Waals surface area contributed by atoms with Gasteiger partial charge in [0.1, 0.15) is 12.2 Å². The van der Waals surface area contributed by atoms with Crippen molar-refractivity contribution in [2.75, 3.05) is 26.2 Å². The number of nitrogens with zero attached hydrogens (tertiary/aromatic N) is 3. The first-order valence-electron chi connectivity index (χ1n) is 10.4. The van der Waals surface area contributed by atoms with Crippen LogP contribution < -0.4 is 10.1 Å². The molecule has 0 spiro atoms. The molecule has 31 heavy (non-hydrogen) atoms. The van der Waals surface area contributed by atoms with E-state index in [2.05, 4.69) is 16.4 Å². The topological polar surface area (TPSA) is 78.2 Å². The van der Waals surface area contributed by atoms with E-state index in [1.54, 1.807) is 18.2 Å². The number of nitrogens with one attached hydrogen (secondary N) is 1. The molecule has 8 heteroatoms. The third-order valence-electron chi connectivity index (χ3n) is 6.23. The summed E-state index contributed by atoms with van der Waals surface area (Å²) >= 11 is 12.4. The number of carbonyl (C=O) groups excluding carboxylic acids is 1. The van der Waals surface area contributed by atoms with Gasteiger partial charge in [-0.15, -0.1) is 0 Å². The number of amides is 1. The normalized spacial score (nSPS) is 24.1. The molecule has 162 valence electrons. The lowest BCUT2D eigenvalue weighted by Crippen LogP contribution is -2.36. The van der Waals surface area contributed by atoms with Crippen LogP contribution in [0.3, 0.4) is 0 Å². The van der Waals surface area contributed by atoms with Crippen LogP contribution in [0.5, 0.6) is 5.88 Å². The number of hydrogen-bond donors (Lipinski definition) is 1. The molecule has 6 nitrogen and oxygen atoms in total. The van der Waals surface area contributed by atoms with E-state index >= 15 is 0 Å². The Hall–Kier alpha value is -2.33. The SMILES string of the molecule is C[C@H](Oc1ccc(C#N)cn1)C1CN(C(=O)C2CCNC2)C[C@@H]1c1ccc(Cl)c(Cl)c1. The standard InChI is InChI=1S/C23H24Cl2N4O2/c1-14(31-22-5-2-15(9-26)10-28-22)18-12-29(23(30)17-6-7-27-11-17)13-19(18)16-3-4-20(24)21(25)8-16/h2-5,8,10,14,17-19,27H,6-7,11-13H2,1H3/t14-,17?,18?,19+/m0/s1. The number of carbonyl (C=O) groups is 1. The molecule has 1 aromatic carbocycles. The van der Waals surface area contributed by atoms with Gasteiger partial charge < -0.3 is 15.0 Å². The molecule has 2 aliphatic rings.